The van der Waals surface area contributed by atoms with Gasteiger partial charge in [0.1, 0.15) is 0 Å². The first-order chi connectivity index (χ1) is 12.1. The number of carbonyl (C=O) groups excluding carboxylic acids is 3. The lowest BCUT2D eigenvalue weighted by molar-refractivity contribution is -0.130. The van der Waals surface area contributed by atoms with Crippen molar-refractivity contribution < 1.29 is 14.4 Å². The molecule has 0 saturated carbocycles. The van der Waals surface area contributed by atoms with Gasteiger partial charge in [-0.15, -0.1) is 11.3 Å². The maximum atomic E-state index is 12.8. The maximum Gasteiger partial charge on any atom is 0.265 e. The Kier molecular flexibility index (Phi) is 5.14. The van der Waals surface area contributed by atoms with E-state index in [1.165, 1.54) is 18.3 Å². The number of thiophene rings is 1. The minimum Gasteiger partial charge on any atom is -0.339 e. The van der Waals surface area contributed by atoms with Crippen LogP contribution in [0.4, 0.5) is 5.69 Å². The molecule has 0 spiro atoms. The quantitative estimate of drug-likeness (QED) is 0.916. The Bertz CT molecular complexity index is 781. The third kappa shape index (κ3) is 3.88. The monoisotopic (exact) mass is 357 g/mol. The van der Waals surface area contributed by atoms with Gasteiger partial charge in [0.05, 0.1) is 16.1 Å². The van der Waals surface area contributed by atoms with Crippen LogP contribution in [0.15, 0.2) is 41.8 Å². The molecule has 0 unspecified atom stereocenters. The predicted octanol–water partition coefficient (Wildman–Crippen LogP) is 2.30. The van der Waals surface area contributed by atoms with Crippen LogP contribution in [-0.2, 0) is 4.79 Å². The number of anilines is 1. The van der Waals surface area contributed by atoms with Gasteiger partial charge >= 0.3 is 0 Å². The van der Waals surface area contributed by atoms with Gasteiger partial charge in [-0.25, -0.2) is 0 Å². The number of nitrogens with one attached hydrogen (secondary N) is 1. The number of nitrogens with zero attached hydrogens (tertiary/aromatic N) is 2. The summed E-state index contributed by atoms with van der Waals surface area (Å²) < 4.78 is 0. The van der Waals surface area contributed by atoms with E-state index in [1.54, 1.807) is 40.1 Å². The summed E-state index contributed by atoms with van der Waals surface area (Å²) >= 11 is 1.35. The number of rotatable bonds is 3. The number of benzene rings is 1. The fraction of sp³-hybridized carbons (Fsp3) is 0.278. The number of para-hydroxylation sites is 1. The molecule has 130 valence electrons. The topological polar surface area (TPSA) is 69.7 Å². The first kappa shape index (κ1) is 17.2. The van der Waals surface area contributed by atoms with Gasteiger partial charge in [0.2, 0.25) is 5.91 Å². The van der Waals surface area contributed by atoms with E-state index in [-0.39, 0.29) is 17.7 Å². The standard InChI is InChI=1S/C18H19N3O3S/c1-13(22)20-8-10-21(11-9-20)18(24)14-5-2-3-6-15(14)19-17(23)16-7-4-12-25-16/h2-7,12H,8-11H2,1H3,(H,19,23). The summed E-state index contributed by atoms with van der Waals surface area (Å²) in [6.45, 7) is 3.58. The molecule has 2 heterocycles. The molecular formula is C18H19N3O3S. The molecule has 0 radical (unpaired) electrons. The van der Waals surface area contributed by atoms with E-state index in [4.69, 9.17) is 0 Å². The number of amides is 3. The molecular weight excluding hydrogens is 338 g/mol. The van der Waals surface area contributed by atoms with E-state index in [0.717, 1.165) is 0 Å². The number of carbonyl (C=O) groups is 3. The number of piperazine rings is 1. The minimum atomic E-state index is -0.225. The van der Waals surface area contributed by atoms with Crippen molar-refractivity contribution in [2.45, 2.75) is 6.92 Å². The Hall–Kier alpha value is -2.67. The molecule has 6 nitrogen and oxygen atoms in total. The highest BCUT2D eigenvalue weighted by Crippen LogP contribution is 2.20. The Balaban J connectivity index is 1.73. The van der Waals surface area contributed by atoms with Crippen molar-refractivity contribution in [2.24, 2.45) is 0 Å². The predicted molar refractivity (Wildman–Crippen MR) is 96.9 cm³/mol. The lowest BCUT2D eigenvalue weighted by atomic mass is 10.1. The summed E-state index contributed by atoms with van der Waals surface area (Å²) in [6.07, 6.45) is 0. The van der Waals surface area contributed by atoms with Crippen LogP contribution >= 0.6 is 11.3 Å². The summed E-state index contributed by atoms with van der Waals surface area (Å²) in [4.78, 5) is 40.6. The molecule has 1 N–H and O–H groups in total. The van der Waals surface area contributed by atoms with E-state index in [9.17, 15) is 14.4 Å². The molecule has 2 aromatic rings. The Morgan fingerprint density at radius 3 is 2.28 bits per heavy atom. The van der Waals surface area contributed by atoms with Crippen molar-refractivity contribution in [3.63, 3.8) is 0 Å². The van der Waals surface area contributed by atoms with Gasteiger partial charge in [-0.1, -0.05) is 18.2 Å². The van der Waals surface area contributed by atoms with Gasteiger partial charge in [0.25, 0.3) is 11.8 Å². The largest absolute Gasteiger partial charge is 0.339 e. The van der Waals surface area contributed by atoms with Crippen molar-refractivity contribution in [2.75, 3.05) is 31.5 Å². The van der Waals surface area contributed by atoms with Crippen LogP contribution in [0.5, 0.6) is 0 Å². The third-order valence-corrected chi connectivity index (χ3v) is 5.03. The molecule has 1 aromatic heterocycles. The average molecular weight is 357 g/mol. The third-order valence-electron chi connectivity index (χ3n) is 4.16. The molecule has 3 rings (SSSR count). The normalized spacial score (nSPS) is 14.3. The summed E-state index contributed by atoms with van der Waals surface area (Å²) in [7, 11) is 0. The van der Waals surface area contributed by atoms with Crippen LogP contribution in [0, 0.1) is 0 Å². The second-order valence-corrected chi connectivity index (χ2v) is 6.72. The van der Waals surface area contributed by atoms with Gasteiger partial charge in [-0.05, 0) is 23.6 Å². The molecule has 0 bridgehead atoms. The van der Waals surface area contributed by atoms with Crippen molar-refractivity contribution in [1.29, 1.82) is 0 Å². The van der Waals surface area contributed by atoms with E-state index < -0.39 is 0 Å². The highest BCUT2D eigenvalue weighted by molar-refractivity contribution is 7.12. The SMILES string of the molecule is CC(=O)N1CCN(C(=O)c2ccccc2NC(=O)c2cccs2)CC1. The lowest BCUT2D eigenvalue weighted by Gasteiger charge is -2.34. The number of hydrogen-bond donors (Lipinski definition) is 1. The molecule has 3 amide bonds. The molecule has 25 heavy (non-hydrogen) atoms. The van der Waals surface area contributed by atoms with E-state index in [1.807, 2.05) is 11.4 Å². The Morgan fingerprint density at radius 2 is 1.64 bits per heavy atom. The first-order valence-electron chi connectivity index (χ1n) is 8.05. The van der Waals surface area contributed by atoms with Crippen molar-refractivity contribution in [3.8, 4) is 0 Å². The molecule has 7 heteroatoms. The van der Waals surface area contributed by atoms with Crippen LogP contribution < -0.4 is 5.32 Å². The van der Waals surface area contributed by atoms with E-state index in [2.05, 4.69) is 5.32 Å². The second kappa shape index (κ2) is 7.48. The van der Waals surface area contributed by atoms with Gasteiger partial charge in [0.15, 0.2) is 0 Å². The van der Waals surface area contributed by atoms with Crippen LogP contribution in [0.2, 0.25) is 0 Å². The molecule has 1 saturated heterocycles. The zero-order valence-corrected chi connectivity index (χ0v) is 14.7. The van der Waals surface area contributed by atoms with Crippen molar-refractivity contribution >= 4 is 34.7 Å². The second-order valence-electron chi connectivity index (χ2n) is 5.78. The summed E-state index contributed by atoms with van der Waals surface area (Å²) in [5, 5.41) is 4.65. The van der Waals surface area contributed by atoms with Crippen LogP contribution in [0.1, 0.15) is 27.0 Å². The first-order valence-corrected chi connectivity index (χ1v) is 8.93. The van der Waals surface area contributed by atoms with Gasteiger partial charge in [0, 0.05) is 33.1 Å². The van der Waals surface area contributed by atoms with Crippen LogP contribution in [0.3, 0.4) is 0 Å². The summed E-state index contributed by atoms with van der Waals surface area (Å²) in [6, 6.07) is 10.6. The lowest BCUT2D eigenvalue weighted by Crippen LogP contribution is -2.50. The van der Waals surface area contributed by atoms with Crippen molar-refractivity contribution in [3.05, 3.63) is 52.2 Å². The zero-order valence-electron chi connectivity index (χ0n) is 13.9. The van der Waals surface area contributed by atoms with Crippen molar-refractivity contribution in [1.82, 2.24) is 9.80 Å². The maximum absolute atomic E-state index is 12.8. The summed E-state index contributed by atoms with van der Waals surface area (Å²) in [5.41, 5.74) is 0.962. The average Bonchev–Trinajstić information content (AvgIpc) is 3.16. The Labute approximate surface area is 150 Å². The van der Waals surface area contributed by atoms with Gasteiger partial charge < -0.3 is 15.1 Å². The van der Waals surface area contributed by atoms with E-state index >= 15 is 0 Å². The highest BCUT2D eigenvalue weighted by Gasteiger charge is 2.25. The van der Waals surface area contributed by atoms with Gasteiger partial charge in [-0.3, -0.25) is 14.4 Å². The molecule has 1 aromatic carbocycles. The minimum absolute atomic E-state index is 0.0238. The molecule has 1 fully saturated rings. The zero-order chi connectivity index (χ0) is 17.8. The fourth-order valence-electron chi connectivity index (χ4n) is 2.77. The highest BCUT2D eigenvalue weighted by atomic mass is 32.1. The molecule has 0 atom stereocenters. The van der Waals surface area contributed by atoms with E-state index in [0.29, 0.717) is 42.3 Å². The van der Waals surface area contributed by atoms with Crippen LogP contribution in [0.25, 0.3) is 0 Å². The number of hydrogen-bond acceptors (Lipinski definition) is 4. The van der Waals surface area contributed by atoms with Crippen LogP contribution in [-0.4, -0.2) is 53.7 Å². The van der Waals surface area contributed by atoms with Gasteiger partial charge in [-0.2, -0.15) is 0 Å². The molecule has 1 aliphatic rings. The Morgan fingerprint density at radius 1 is 0.960 bits per heavy atom. The molecule has 1 aliphatic heterocycles. The summed E-state index contributed by atoms with van der Waals surface area (Å²) in [5.74, 6) is -0.336. The fourth-order valence-corrected chi connectivity index (χ4v) is 3.38. The smallest absolute Gasteiger partial charge is 0.265 e. The molecule has 0 aliphatic carbocycles.